The summed E-state index contributed by atoms with van der Waals surface area (Å²) in [6, 6.07) is 11.1. The number of esters is 2. The molecular formula is C21H25BrO5. The van der Waals surface area contributed by atoms with Crippen molar-refractivity contribution in [3.05, 3.63) is 40.9 Å². The number of carbonyl (C=O) groups is 2. The van der Waals surface area contributed by atoms with Crippen LogP contribution in [0.3, 0.4) is 0 Å². The standard InChI is InChI=1S/C21H25BrO5/c1-20(2,3)26-18(23)17(19(24)27-21(4,5)6)25-16-10-8-13-11-15(22)9-7-14(13)12-16/h7-12,17H,1-6H3. The van der Waals surface area contributed by atoms with Gasteiger partial charge in [0.05, 0.1) is 0 Å². The summed E-state index contributed by atoms with van der Waals surface area (Å²) in [6.45, 7) is 10.4. The molecule has 0 bridgehead atoms. The Morgan fingerprint density at radius 1 is 0.815 bits per heavy atom. The number of fused-ring (bicyclic) bond motifs is 1. The van der Waals surface area contributed by atoms with Crippen molar-refractivity contribution in [2.24, 2.45) is 0 Å². The third-order valence-corrected chi connectivity index (χ3v) is 3.76. The molecule has 0 amide bonds. The van der Waals surface area contributed by atoms with Crippen LogP contribution in [-0.4, -0.2) is 29.2 Å². The molecule has 6 heteroatoms. The van der Waals surface area contributed by atoms with Crippen LogP contribution >= 0.6 is 15.9 Å². The first kappa shape index (κ1) is 21.2. The molecule has 0 heterocycles. The van der Waals surface area contributed by atoms with Crippen LogP contribution in [0.4, 0.5) is 0 Å². The van der Waals surface area contributed by atoms with E-state index in [4.69, 9.17) is 14.2 Å². The number of hydrogen-bond acceptors (Lipinski definition) is 5. The van der Waals surface area contributed by atoms with E-state index >= 15 is 0 Å². The van der Waals surface area contributed by atoms with Crippen molar-refractivity contribution in [2.75, 3.05) is 0 Å². The highest BCUT2D eigenvalue weighted by Crippen LogP contribution is 2.25. The van der Waals surface area contributed by atoms with Crippen LogP contribution in [0.15, 0.2) is 40.9 Å². The first-order chi connectivity index (χ1) is 12.3. The number of halogens is 1. The van der Waals surface area contributed by atoms with Gasteiger partial charge in [-0.05, 0) is 76.6 Å². The van der Waals surface area contributed by atoms with E-state index < -0.39 is 29.2 Å². The lowest BCUT2D eigenvalue weighted by molar-refractivity contribution is -0.179. The van der Waals surface area contributed by atoms with E-state index in [0.717, 1.165) is 15.2 Å². The minimum atomic E-state index is -1.50. The van der Waals surface area contributed by atoms with Gasteiger partial charge in [-0.3, -0.25) is 0 Å². The second-order valence-electron chi connectivity index (χ2n) is 8.22. The Labute approximate surface area is 168 Å². The van der Waals surface area contributed by atoms with Crippen LogP contribution in [0.5, 0.6) is 5.75 Å². The molecule has 2 aromatic rings. The maximum absolute atomic E-state index is 12.5. The molecule has 0 unspecified atom stereocenters. The van der Waals surface area contributed by atoms with Gasteiger partial charge in [-0.1, -0.05) is 28.1 Å². The van der Waals surface area contributed by atoms with Gasteiger partial charge in [-0.25, -0.2) is 9.59 Å². The molecular weight excluding hydrogens is 412 g/mol. The fourth-order valence-electron chi connectivity index (χ4n) is 2.31. The Balaban J connectivity index is 2.31. The molecule has 0 atom stereocenters. The Bertz CT molecular complexity index is 818. The van der Waals surface area contributed by atoms with Gasteiger partial charge >= 0.3 is 11.9 Å². The van der Waals surface area contributed by atoms with E-state index in [2.05, 4.69) is 15.9 Å². The number of rotatable bonds is 4. The van der Waals surface area contributed by atoms with E-state index in [9.17, 15) is 9.59 Å². The van der Waals surface area contributed by atoms with Gasteiger partial charge in [-0.15, -0.1) is 0 Å². The molecule has 2 aromatic carbocycles. The van der Waals surface area contributed by atoms with E-state index in [-0.39, 0.29) is 0 Å². The third-order valence-electron chi connectivity index (χ3n) is 3.27. The monoisotopic (exact) mass is 436 g/mol. The van der Waals surface area contributed by atoms with Crippen molar-refractivity contribution in [1.29, 1.82) is 0 Å². The smallest absolute Gasteiger partial charge is 0.359 e. The van der Waals surface area contributed by atoms with Crippen molar-refractivity contribution in [3.8, 4) is 5.75 Å². The third kappa shape index (κ3) is 6.54. The number of ether oxygens (including phenoxy) is 3. The van der Waals surface area contributed by atoms with E-state index in [0.29, 0.717) is 5.75 Å². The fraction of sp³-hybridized carbons (Fsp3) is 0.429. The molecule has 0 aliphatic carbocycles. The molecule has 0 fully saturated rings. The molecule has 0 saturated carbocycles. The van der Waals surface area contributed by atoms with Crippen LogP contribution in [0.1, 0.15) is 41.5 Å². The average Bonchev–Trinajstić information content (AvgIpc) is 2.49. The maximum Gasteiger partial charge on any atom is 0.359 e. The lowest BCUT2D eigenvalue weighted by atomic mass is 10.1. The molecule has 0 spiro atoms. The summed E-state index contributed by atoms with van der Waals surface area (Å²) in [5.41, 5.74) is -1.51. The molecule has 5 nitrogen and oxygen atoms in total. The van der Waals surface area contributed by atoms with Gasteiger partial charge in [0, 0.05) is 4.47 Å². The first-order valence-corrected chi connectivity index (χ1v) is 9.45. The highest BCUT2D eigenvalue weighted by atomic mass is 79.9. The van der Waals surface area contributed by atoms with Crippen molar-refractivity contribution in [3.63, 3.8) is 0 Å². The normalized spacial score (nSPS) is 12.1. The van der Waals surface area contributed by atoms with Gasteiger partial charge in [0.25, 0.3) is 6.10 Å². The van der Waals surface area contributed by atoms with Crippen LogP contribution in [0, 0.1) is 0 Å². The van der Waals surface area contributed by atoms with Gasteiger partial charge in [0.15, 0.2) is 0 Å². The zero-order chi connectivity index (χ0) is 20.4. The van der Waals surface area contributed by atoms with Crippen molar-refractivity contribution in [1.82, 2.24) is 0 Å². The van der Waals surface area contributed by atoms with Crippen LogP contribution in [0.25, 0.3) is 10.8 Å². The summed E-state index contributed by atoms with van der Waals surface area (Å²) >= 11 is 3.43. The molecule has 0 aliphatic rings. The topological polar surface area (TPSA) is 61.8 Å². The second kappa shape index (κ2) is 7.89. The minimum absolute atomic E-state index is 0.381. The molecule has 2 rings (SSSR count). The number of carbonyl (C=O) groups excluding carboxylic acids is 2. The van der Waals surface area contributed by atoms with Crippen LogP contribution in [0.2, 0.25) is 0 Å². The highest BCUT2D eigenvalue weighted by Gasteiger charge is 2.37. The lowest BCUT2D eigenvalue weighted by Gasteiger charge is -2.26. The van der Waals surface area contributed by atoms with Crippen molar-refractivity contribution in [2.45, 2.75) is 58.8 Å². The quantitative estimate of drug-likeness (QED) is 0.496. The van der Waals surface area contributed by atoms with Crippen LogP contribution in [-0.2, 0) is 19.1 Å². The Kier molecular flexibility index (Phi) is 6.20. The Hall–Kier alpha value is -2.08. The molecule has 0 aromatic heterocycles. The highest BCUT2D eigenvalue weighted by molar-refractivity contribution is 9.10. The largest absolute Gasteiger partial charge is 0.467 e. The predicted molar refractivity (Wildman–Crippen MR) is 108 cm³/mol. The van der Waals surface area contributed by atoms with E-state index in [1.54, 1.807) is 53.7 Å². The maximum atomic E-state index is 12.5. The summed E-state index contributed by atoms with van der Waals surface area (Å²) in [5.74, 6) is -1.19. The van der Waals surface area contributed by atoms with Gasteiger partial charge in [-0.2, -0.15) is 0 Å². The number of benzene rings is 2. The summed E-state index contributed by atoms with van der Waals surface area (Å²) in [6.07, 6.45) is -1.50. The molecule has 0 N–H and O–H groups in total. The minimum Gasteiger partial charge on any atom is -0.467 e. The SMILES string of the molecule is CC(C)(C)OC(=O)C(Oc1ccc2cc(Br)ccc2c1)C(=O)OC(C)(C)C. The molecule has 0 aliphatic heterocycles. The molecule has 0 saturated heterocycles. The summed E-state index contributed by atoms with van der Waals surface area (Å²) in [7, 11) is 0. The zero-order valence-electron chi connectivity index (χ0n) is 16.5. The average molecular weight is 437 g/mol. The summed E-state index contributed by atoms with van der Waals surface area (Å²) in [5, 5.41) is 1.92. The zero-order valence-corrected chi connectivity index (χ0v) is 18.0. The predicted octanol–water partition coefficient (Wildman–Crippen LogP) is 5.03. The van der Waals surface area contributed by atoms with Crippen molar-refractivity contribution < 1.29 is 23.8 Å². The molecule has 0 radical (unpaired) electrons. The first-order valence-electron chi connectivity index (χ1n) is 8.66. The fourth-order valence-corrected chi connectivity index (χ4v) is 2.69. The Morgan fingerprint density at radius 3 is 1.81 bits per heavy atom. The summed E-state index contributed by atoms with van der Waals surface area (Å²) < 4.78 is 17.3. The summed E-state index contributed by atoms with van der Waals surface area (Å²) in [4.78, 5) is 25.1. The van der Waals surface area contributed by atoms with E-state index in [1.807, 2.05) is 24.3 Å². The van der Waals surface area contributed by atoms with Crippen molar-refractivity contribution >= 4 is 38.6 Å². The van der Waals surface area contributed by atoms with Gasteiger partial charge in [0.1, 0.15) is 17.0 Å². The lowest BCUT2D eigenvalue weighted by Crippen LogP contribution is -2.44. The number of hydrogen-bond donors (Lipinski definition) is 0. The Morgan fingerprint density at radius 2 is 1.30 bits per heavy atom. The second-order valence-corrected chi connectivity index (χ2v) is 9.13. The van der Waals surface area contributed by atoms with Crippen LogP contribution < -0.4 is 4.74 Å². The van der Waals surface area contributed by atoms with Gasteiger partial charge < -0.3 is 14.2 Å². The molecule has 27 heavy (non-hydrogen) atoms. The van der Waals surface area contributed by atoms with Gasteiger partial charge in [0.2, 0.25) is 0 Å². The molecule has 146 valence electrons. The van der Waals surface area contributed by atoms with E-state index in [1.165, 1.54) is 0 Å².